The lowest BCUT2D eigenvalue weighted by atomic mass is 10.3. The molecule has 0 bridgehead atoms. The number of carbonyl (C=O) groups is 1. The molecule has 84 valence electrons. The SMILES string of the molecule is CCC(=O)Oc1ccccc1.OCCO. The Morgan fingerprint density at radius 1 is 1.20 bits per heavy atom. The first-order valence-corrected chi connectivity index (χ1v) is 4.72. The van der Waals surface area contributed by atoms with Crippen molar-refractivity contribution in [2.75, 3.05) is 13.2 Å². The predicted molar refractivity (Wildman–Crippen MR) is 56.5 cm³/mol. The summed E-state index contributed by atoms with van der Waals surface area (Å²) >= 11 is 0. The van der Waals surface area contributed by atoms with Crippen LogP contribution in [0.2, 0.25) is 0 Å². The first-order chi connectivity index (χ1) is 7.24. The molecule has 0 fully saturated rings. The number of hydrogen-bond donors (Lipinski definition) is 2. The normalized spacial score (nSPS) is 8.73. The average Bonchev–Trinajstić information content (AvgIpc) is 2.30. The Morgan fingerprint density at radius 2 is 1.73 bits per heavy atom. The van der Waals surface area contributed by atoms with Gasteiger partial charge in [0.25, 0.3) is 0 Å². The fourth-order valence-corrected chi connectivity index (χ4v) is 0.692. The minimum atomic E-state index is -0.198. The van der Waals surface area contributed by atoms with Crippen LogP contribution in [0, 0.1) is 0 Å². The molecular formula is C11H16O4. The minimum absolute atomic E-state index is 0.125. The maximum absolute atomic E-state index is 10.8. The number of benzene rings is 1. The number of hydrogen-bond acceptors (Lipinski definition) is 4. The summed E-state index contributed by atoms with van der Waals surface area (Å²) in [6.07, 6.45) is 0.412. The van der Waals surface area contributed by atoms with Gasteiger partial charge < -0.3 is 14.9 Å². The van der Waals surface area contributed by atoms with Crippen LogP contribution in [0.15, 0.2) is 30.3 Å². The highest BCUT2D eigenvalue weighted by atomic mass is 16.5. The highest BCUT2D eigenvalue weighted by Gasteiger charge is 1.98. The Bertz CT molecular complexity index is 257. The van der Waals surface area contributed by atoms with Gasteiger partial charge in [0, 0.05) is 6.42 Å². The summed E-state index contributed by atoms with van der Waals surface area (Å²) in [5.74, 6) is 0.413. The van der Waals surface area contributed by atoms with Crippen LogP contribution < -0.4 is 4.74 Å². The molecule has 1 aromatic carbocycles. The van der Waals surface area contributed by atoms with E-state index in [4.69, 9.17) is 14.9 Å². The van der Waals surface area contributed by atoms with Crippen LogP contribution in [-0.4, -0.2) is 29.4 Å². The van der Waals surface area contributed by atoms with Crippen molar-refractivity contribution >= 4 is 5.97 Å². The number of ether oxygens (including phenoxy) is 1. The Kier molecular flexibility index (Phi) is 8.33. The molecule has 0 aliphatic heterocycles. The number of aliphatic hydroxyl groups excluding tert-OH is 2. The highest BCUT2D eigenvalue weighted by molar-refractivity contribution is 5.71. The van der Waals surface area contributed by atoms with Crippen LogP contribution in [0.5, 0.6) is 5.75 Å². The molecule has 4 nitrogen and oxygen atoms in total. The van der Waals surface area contributed by atoms with Crippen molar-refractivity contribution in [1.82, 2.24) is 0 Å². The Morgan fingerprint density at radius 3 is 2.13 bits per heavy atom. The van der Waals surface area contributed by atoms with Crippen molar-refractivity contribution in [2.45, 2.75) is 13.3 Å². The van der Waals surface area contributed by atoms with E-state index in [0.717, 1.165) is 0 Å². The van der Waals surface area contributed by atoms with Crippen molar-refractivity contribution in [2.24, 2.45) is 0 Å². The molecule has 0 amide bonds. The lowest BCUT2D eigenvalue weighted by Crippen LogP contribution is -2.04. The summed E-state index contributed by atoms with van der Waals surface area (Å²) in [4.78, 5) is 10.8. The van der Waals surface area contributed by atoms with Crippen molar-refractivity contribution < 1.29 is 19.7 Å². The van der Waals surface area contributed by atoms with Crippen LogP contribution in [0.3, 0.4) is 0 Å². The molecule has 0 aromatic heterocycles. The molecule has 1 aromatic rings. The molecule has 0 unspecified atom stereocenters. The van der Waals surface area contributed by atoms with E-state index < -0.39 is 0 Å². The molecule has 0 heterocycles. The van der Waals surface area contributed by atoms with Gasteiger partial charge in [0.05, 0.1) is 13.2 Å². The topological polar surface area (TPSA) is 66.8 Å². The van der Waals surface area contributed by atoms with Crippen LogP contribution in [0.4, 0.5) is 0 Å². The number of carbonyl (C=O) groups excluding carboxylic acids is 1. The van der Waals surface area contributed by atoms with Crippen LogP contribution in [0.25, 0.3) is 0 Å². The van der Waals surface area contributed by atoms with E-state index in [2.05, 4.69) is 0 Å². The highest BCUT2D eigenvalue weighted by Crippen LogP contribution is 2.08. The summed E-state index contributed by atoms with van der Waals surface area (Å²) in [7, 11) is 0. The fraction of sp³-hybridized carbons (Fsp3) is 0.364. The van der Waals surface area contributed by atoms with Gasteiger partial charge in [0.15, 0.2) is 0 Å². The number of aliphatic hydroxyl groups is 2. The molecule has 0 spiro atoms. The number of para-hydroxylation sites is 1. The zero-order valence-corrected chi connectivity index (χ0v) is 8.72. The first kappa shape index (κ1) is 13.6. The summed E-state index contributed by atoms with van der Waals surface area (Å²) in [6, 6.07) is 9.06. The monoisotopic (exact) mass is 212 g/mol. The summed E-state index contributed by atoms with van der Waals surface area (Å²) in [5, 5.41) is 15.2. The van der Waals surface area contributed by atoms with Crippen molar-refractivity contribution in [1.29, 1.82) is 0 Å². The maximum atomic E-state index is 10.8. The van der Waals surface area contributed by atoms with Gasteiger partial charge in [-0.05, 0) is 12.1 Å². The van der Waals surface area contributed by atoms with Crippen molar-refractivity contribution in [3.05, 3.63) is 30.3 Å². The predicted octanol–water partition coefficient (Wildman–Crippen LogP) is 0.973. The molecule has 0 atom stereocenters. The van der Waals surface area contributed by atoms with E-state index in [1.54, 1.807) is 19.1 Å². The average molecular weight is 212 g/mol. The Hall–Kier alpha value is -1.39. The van der Waals surface area contributed by atoms with E-state index in [9.17, 15) is 4.79 Å². The van der Waals surface area contributed by atoms with Gasteiger partial charge in [0.2, 0.25) is 0 Å². The van der Waals surface area contributed by atoms with E-state index >= 15 is 0 Å². The van der Waals surface area contributed by atoms with Gasteiger partial charge >= 0.3 is 5.97 Å². The second-order valence-electron chi connectivity index (χ2n) is 2.59. The summed E-state index contributed by atoms with van der Waals surface area (Å²) in [6.45, 7) is 1.52. The first-order valence-electron chi connectivity index (χ1n) is 4.72. The van der Waals surface area contributed by atoms with Crippen molar-refractivity contribution in [3.63, 3.8) is 0 Å². The maximum Gasteiger partial charge on any atom is 0.310 e. The molecular weight excluding hydrogens is 196 g/mol. The van der Waals surface area contributed by atoms with E-state index in [1.807, 2.05) is 18.2 Å². The second-order valence-corrected chi connectivity index (χ2v) is 2.59. The van der Waals surface area contributed by atoms with E-state index in [0.29, 0.717) is 12.2 Å². The summed E-state index contributed by atoms with van der Waals surface area (Å²) < 4.78 is 4.92. The molecule has 1 rings (SSSR count). The third-order valence-electron chi connectivity index (χ3n) is 1.36. The van der Waals surface area contributed by atoms with Gasteiger partial charge in [0.1, 0.15) is 5.75 Å². The molecule has 2 N–H and O–H groups in total. The lowest BCUT2D eigenvalue weighted by Gasteiger charge is -1.99. The second kappa shape index (κ2) is 9.18. The van der Waals surface area contributed by atoms with E-state index in [-0.39, 0.29) is 19.2 Å². The molecule has 15 heavy (non-hydrogen) atoms. The summed E-state index contributed by atoms with van der Waals surface area (Å²) in [5.41, 5.74) is 0. The number of rotatable bonds is 3. The van der Waals surface area contributed by atoms with Gasteiger partial charge in [-0.25, -0.2) is 0 Å². The van der Waals surface area contributed by atoms with Gasteiger partial charge in [-0.2, -0.15) is 0 Å². The Balaban J connectivity index is 0.000000423. The smallest absolute Gasteiger partial charge is 0.310 e. The Labute approximate surface area is 89.1 Å². The largest absolute Gasteiger partial charge is 0.427 e. The zero-order valence-electron chi connectivity index (χ0n) is 8.72. The fourth-order valence-electron chi connectivity index (χ4n) is 0.692. The lowest BCUT2D eigenvalue weighted by molar-refractivity contribution is -0.134. The van der Waals surface area contributed by atoms with Crippen LogP contribution >= 0.6 is 0 Å². The minimum Gasteiger partial charge on any atom is -0.427 e. The van der Waals surface area contributed by atoms with Gasteiger partial charge in [-0.3, -0.25) is 4.79 Å². The number of esters is 1. The van der Waals surface area contributed by atoms with Crippen LogP contribution in [-0.2, 0) is 4.79 Å². The molecule has 0 aliphatic rings. The third-order valence-corrected chi connectivity index (χ3v) is 1.36. The molecule has 0 radical (unpaired) electrons. The third kappa shape index (κ3) is 7.66. The van der Waals surface area contributed by atoms with Gasteiger partial charge in [-0.15, -0.1) is 0 Å². The standard InChI is InChI=1S/C9H10O2.C2H6O2/c1-2-9(10)11-8-6-4-3-5-7-8;3-1-2-4/h3-7H,2H2,1H3;3-4H,1-2H2. The van der Waals surface area contributed by atoms with Gasteiger partial charge in [-0.1, -0.05) is 25.1 Å². The van der Waals surface area contributed by atoms with E-state index in [1.165, 1.54) is 0 Å². The van der Waals surface area contributed by atoms with Crippen molar-refractivity contribution in [3.8, 4) is 5.75 Å². The molecule has 0 saturated heterocycles. The molecule has 0 saturated carbocycles. The molecule has 4 heteroatoms. The van der Waals surface area contributed by atoms with Crippen LogP contribution in [0.1, 0.15) is 13.3 Å². The molecule has 0 aliphatic carbocycles. The quantitative estimate of drug-likeness (QED) is 0.579. The zero-order chi connectivity index (χ0) is 11.5.